The third-order valence-electron chi connectivity index (χ3n) is 6.08. The lowest BCUT2D eigenvalue weighted by atomic mass is 10.1. The summed E-state index contributed by atoms with van der Waals surface area (Å²) in [5.74, 6) is 0.740. The SMILES string of the molecule is COc1ccc(-c2nc3ccc(-c4cncnc4)cn3c2CN2CCN(C(F)(F)F)CC2)cc1. The lowest BCUT2D eigenvalue weighted by Gasteiger charge is -2.35. The summed E-state index contributed by atoms with van der Waals surface area (Å²) in [5, 5.41) is 0. The van der Waals surface area contributed by atoms with Gasteiger partial charge in [-0.1, -0.05) is 0 Å². The maximum atomic E-state index is 13.1. The van der Waals surface area contributed by atoms with Gasteiger partial charge in [-0.15, -0.1) is 0 Å². The number of piperazine rings is 1. The molecule has 0 amide bonds. The van der Waals surface area contributed by atoms with Gasteiger partial charge in [0.15, 0.2) is 0 Å². The van der Waals surface area contributed by atoms with Crippen molar-refractivity contribution in [3.8, 4) is 28.1 Å². The number of halogens is 3. The van der Waals surface area contributed by atoms with Crippen LogP contribution >= 0.6 is 0 Å². The van der Waals surface area contributed by atoms with E-state index in [1.165, 1.54) is 6.33 Å². The summed E-state index contributed by atoms with van der Waals surface area (Å²) in [6.07, 6.45) is 2.65. The highest BCUT2D eigenvalue weighted by atomic mass is 19.4. The van der Waals surface area contributed by atoms with Crippen molar-refractivity contribution in [3.05, 3.63) is 67.0 Å². The van der Waals surface area contributed by atoms with Gasteiger partial charge in [-0.05, 0) is 36.4 Å². The van der Waals surface area contributed by atoms with Crippen LogP contribution in [0.15, 0.2) is 61.3 Å². The van der Waals surface area contributed by atoms with Crippen molar-refractivity contribution >= 4 is 5.65 Å². The van der Waals surface area contributed by atoms with Crippen LogP contribution in [0.4, 0.5) is 13.2 Å². The Bertz CT molecular complexity index is 1270. The molecule has 1 aromatic carbocycles. The summed E-state index contributed by atoms with van der Waals surface area (Å²) in [5.41, 5.74) is 5.18. The van der Waals surface area contributed by atoms with Crippen molar-refractivity contribution in [2.75, 3.05) is 33.3 Å². The number of ether oxygens (including phenoxy) is 1. The largest absolute Gasteiger partial charge is 0.497 e. The molecule has 1 saturated heterocycles. The minimum absolute atomic E-state index is 0.0509. The van der Waals surface area contributed by atoms with Crippen LogP contribution in [0.5, 0.6) is 5.75 Å². The van der Waals surface area contributed by atoms with Gasteiger partial charge in [0.05, 0.1) is 18.5 Å². The Hall–Kier alpha value is -3.50. The second kappa shape index (κ2) is 9.03. The lowest BCUT2D eigenvalue weighted by molar-refractivity contribution is -0.252. The van der Waals surface area contributed by atoms with E-state index in [1.54, 1.807) is 19.5 Å². The molecule has 0 bridgehead atoms. The van der Waals surface area contributed by atoms with Crippen molar-refractivity contribution in [2.45, 2.75) is 12.8 Å². The second-order valence-corrected chi connectivity index (χ2v) is 8.14. The minimum Gasteiger partial charge on any atom is -0.497 e. The number of pyridine rings is 1. The normalized spacial score (nSPS) is 15.6. The first-order chi connectivity index (χ1) is 16.4. The van der Waals surface area contributed by atoms with E-state index in [4.69, 9.17) is 9.72 Å². The molecule has 34 heavy (non-hydrogen) atoms. The topological polar surface area (TPSA) is 58.8 Å². The Balaban J connectivity index is 1.53. The Morgan fingerprint density at radius 1 is 0.882 bits per heavy atom. The Morgan fingerprint density at radius 3 is 2.21 bits per heavy atom. The summed E-state index contributed by atoms with van der Waals surface area (Å²) < 4.78 is 46.5. The fourth-order valence-electron chi connectivity index (χ4n) is 4.21. The molecular formula is C24H23F3N6O. The monoisotopic (exact) mass is 468 g/mol. The highest BCUT2D eigenvalue weighted by Gasteiger charge is 2.38. The molecule has 4 aromatic rings. The van der Waals surface area contributed by atoms with Crippen LogP contribution in [0, 0.1) is 0 Å². The van der Waals surface area contributed by atoms with E-state index in [0.29, 0.717) is 24.5 Å². The lowest BCUT2D eigenvalue weighted by Crippen LogP contribution is -2.51. The molecule has 4 heterocycles. The maximum absolute atomic E-state index is 13.1. The number of nitrogens with zero attached hydrogens (tertiary/aromatic N) is 6. The van der Waals surface area contributed by atoms with Crippen LogP contribution in [0.25, 0.3) is 28.0 Å². The third-order valence-corrected chi connectivity index (χ3v) is 6.08. The molecule has 176 valence electrons. The number of imidazole rings is 1. The average Bonchev–Trinajstić information content (AvgIpc) is 3.22. The highest BCUT2D eigenvalue weighted by molar-refractivity contribution is 5.70. The van der Waals surface area contributed by atoms with Crippen LogP contribution < -0.4 is 4.74 Å². The predicted octanol–water partition coefficient (Wildman–Crippen LogP) is 4.10. The summed E-state index contributed by atoms with van der Waals surface area (Å²) in [6.45, 7) is 1.01. The van der Waals surface area contributed by atoms with E-state index in [-0.39, 0.29) is 13.1 Å². The molecule has 0 N–H and O–H groups in total. The molecule has 0 aliphatic carbocycles. The van der Waals surface area contributed by atoms with Gasteiger partial charge in [0.1, 0.15) is 17.7 Å². The van der Waals surface area contributed by atoms with E-state index in [0.717, 1.165) is 39.5 Å². The van der Waals surface area contributed by atoms with E-state index in [9.17, 15) is 13.2 Å². The molecule has 0 atom stereocenters. The smallest absolute Gasteiger partial charge is 0.460 e. The van der Waals surface area contributed by atoms with Gasteiger partial charge in [0.2, 0.25) is 0 Å². The Labute approximate surface area is 194 Å². The molecular weight excluding hydrogens is 445 g/mol. The molecule has 0 radical (unpaired) electrons. The van der Waals surface area contributed by atoms with Gasteiger partial charge in [-0.25, -0.2) is 19.9 Å². The molecule has 1 aliphatic rings. The second-order valence-electron chi connectivity index (χ2n) is 8.14. The molecule has 1 aliphatic heterocycles. The van der Waals surface area contributed by atoms with E-state index >= 15 is 0 Å². The van der Waals surface area contributed by atoms with Gasteiger partial charge in [0, 0.05) is 68.0 Å². The van der Waals surface area contributed by atoms with Crippen LogP contribution in [-0.4, -0.2) is 68.7 Å². The van der Waals surface area contributed by atoms with Crippen LogP contribution in [0.3, 0.4) is 0 Å². The predicted molar refractivity (Wildman–Crippen MR) is 121 cm³/mol. The first-order valence-corrected chi connectivity index (χ1v) is 10.9. The van der Waals surface area contributed by atoms with E-state index in [2.05, 4.69) is 9.97 Å². The fraction of sp³-hybridized carbons (Fsp3) is 0.292. The number of fused-ring (bicyclic) bond motifs is 1. The number of hydrogen-bond donors (Lipinski definition) is 0. The first-order valence-electron chi connectivity index (χ1n) is 10.9. The van der Waals surface area contributed by atoms with Crippen LogP contribution in [0.1, 0.15) is 5.69 Å². The van der Waals surface area contributed by atoms with Crippen molar-refractivity contribution in [3.63, 3.8) is 0 Å². The third kappa shape index (κ3) is 4.46. The molecule has 7 nitrogen and oxygen atoms in total. The summed E-state index contributed by atoms with van der Waals surface area (Å²) >= 11 is 0. The number of aromatic nitrogens is 4. The molecule has 10 heteroatoms. The van der Waals surface area contributed by atoms with E-state index < -0.39 is 6.30 Å². The molecule has 3 aromatic heterocycles. The molecule has 5 rings (SSSR count). The number of benzene rings is 1. The zero-order valence-electron chi connectivity index (χ0n) is 18.5. The standard InChI is InChI=1S/C24H23F3N6O/c1-34-20-5-2-17(3-6-20)23-21(15-31-8-10-32(11-9-31)24(25,26)27)33-14-18(4-7-22(33)30-23)19-12-28-16-29-13-19/h2-7,12-14,16H,8-11,15H2,1H3. The van der Waals surface area contributed by atoms with E-state index in [1.807, 2.05) is 51.9 Å². The van der Waals surface area contributed by atoms with Gasteiger partial charge in [-0.3, -0.25) is 4.90 Å². The number of alkyl halides is 3. The van der Waals surface area contributed by atoms with Crippen molar-refractivity contribution in [1.29, 1.82) is 0 Å². The number of hydrogen-bond acceptors (Lipinski definition) is 6. The van der Waals surface area contributed by atoms with Gasteiger partial charge in [0.25, 0.3) is 0 Å². The van der Waals surface area contributed by atoms with Gasteiger partial charge < -0.3 is 9.14 Å². The molecule has 0 unspecified atom stereocenters. The average molecular weight is 468 g/mol. The zero-order chi connectivity index (χ0) is 23.7. The summed E-state index contributed by atoms with van der Waals surface area (Å²) in [6, 6.07) is 11.5. The summed E-state index contributed by atoms with van der Waals surface area (Å²) in [4.78, 5) is 15.7. The molecule has 0 spiro atoms. The van der Waals surface area contributed by atoms with Crippen molar-refractivity contribution in [1.82, 2.24) is 29.2 Å². The molecule has 1 fully saturated rings. The Kier molecular flexibility index (Phi) is 5.93. The first kappa shape index (κ1) is 22.3. The van der Waals surface area contributed by atoms with Crippen LogP contribution in [0.2, 0.25) is 0 Å². The maximum Gasteiger partial charge on any atom is 0.460 e. The van der Waals surface area contributed by atoms with Crippen LogP contribution in [-0.2, 0) is 6.54 Å². The molecule has 0 saturated carbocycles. The van der Waals surface area contributed by atoms with Crippen molar-refractivity contribution < 1.29 is 17.9 Å². The highest BCUT2D eigenvalue weighted by Crippen LogP contribution is 2.30. The van der Waals surface area contributed by atoms with Gasteiger partial charge in [-0.2, -0.15) is 13.2 Å². The number of rotatable bonds is 5. The summed E-state index contributed by atoms with van der Waals surface area (Å²) in [7, 11) is 1.61. The quantitative estimate of drug-likeness (QED) is 0.411. The number of methoxy groups -OCH3 is 1. The fourth-order valence-corrected chi connectivity index (χ4v) is 4.21. The Morgan fingerprint density at radius 2 is 1.56 bits per heavy atom. The zero-order valence-corrected chi connectivity index (χ0v) is 18.5. The minimum atomic E-state index is -4.30. The van der Waals surface area contributed by atoms with Gasteiger partial charge >= 0.3 is 6.30 Å². The van der Waals surface area contributed by atoms with Crippen molar-refractivity contribution in [2.24, 2.45) is 0 Å².